The van der Waals surface area contributed by atoms with E-state index < -0.39 is 15.8 Å². The molecule has 0 saturated carbocycles. The molecule has 2 N–H and O–H groups in total. The topological polar surface area (TPSA) is 58.2 Å². The van der Waals surface area contributed by atoms with Crippen LogP contribution in [0, 0.1) is 5.82 Å². The van der Waals surface area contributed by atoms with Crippen LogP contribution in [0.3, 0.4) is 0 Å². The van der Waals surface area contributed by atoms with Gasteiger partial charge in [0.05, 0.1) is 4.90 Å². The molecule has 0 spiro atoms. The lowest BCUT2D eigenvalue weighted by atomic mass is 10.2. The Morgan fingerprint density at radius 1 is 1.19 bits per heavy atom. The molecule has 0 fully saturated rings. The van der Waals surface area contributed by atoms with E-state index in [0.29, 0.717) is 12.1 Å². The second-order valence-electron chi connectivity index (χ2n) is 4.40. The molecule has 7 heteroatoms. The number of rotatable bonds is 7. The minimum Gasteiger partial charge on any atom is -0.312 e. The average Bonchev–Trinajstić information content (AvgIpc) is 2.93. The van der Waals surface area contributed by atoms with Crippen LogP contribution in [0.25, 0.3) is 0 Å². The van der Waals surface area contributed by atoms with Gasteiger partial charge >= 0.3 is 0 Å². The van der Waals surface area contributed by atoms with Crippen molar-refractivity contribution in [2.24, 2.45) is 0 Å². The van der Waals surface area contributed by atoms with Crippen LogP contribution in [0.1, 0.15) is 17.4 Å². The van der Waals surface area contributed by atoms with Crippen molar-refractivity contribution in [2.75, 3.05) is 6.54 Å². The van der Waals surface area contributed by atoms with Crippen LogP contribution >= 0.6 is 11.3 Å². The summed E-state index contributed by atoms with van der Waals surface area (Å²) in [5.74, 6) is -0.418. The zero-order valence-corrected chi connectivity index (χ0v) is 13.2. The number of halogens is 1. The number of benzene rings is 1. The van der Waals surface area contributed by atoms with E-state index in [2.05, 4.69) is 10.0 Å². The lowest BCUT2D eigenvalue weighted by molar-refractivity contribution is 0.573. The third-order valence-electron chi connectivity index (χ3n) is 2.94. The molecular weight excluding hydrogens is 311 g/mol. The Labute approximate surface area is 128 Å². The van der Waals surface area contributed by atoms with Crippen molar-refractivity contribution in [2.45, 2.75) is 24.9 Å². The quantitative estimate of drug-likeness (QED) is 0.821. The predicted molar refractivity (Wildman–Crippen MR) is 82.1 cm³/mol. The average molecular weight is 328 g/mol. The van der Waals surface area contributed by atoms with Crippen molar-refractivity contribution in [3.05, 3.63) is 52.0 Å². The number of hydrogen-bond acceptors (Lipinski definition) is 4. The van der Waals surface area contributed by atoms with Crippen LogP contribution in [-0.2, 0) is 23.1 Å². The Bertz CT molecular complexity index is 699. The molecular formula is C14H17FN2O2S2. The molecule has 114 valence electrons. The van der Waals surface area contributed by atoms with Gasteiger partial charge in [-0.15, -0.1) is 11.3 Å². The minimum absolute atomic E-state index is 0.0640. The van der Waals surface area contributed by atoms with Crippen LogP contribution in [0.5, 0.6) is 0 Å². The molecule has 4 nitrogen and oxygen atoms in total. The number of thiophene rings is 1. The van der Waals surface area contributed by atoms with E-state index in [0.717, 1.165) is 11.4 Å². The van der Waals surface area contributed by atoms with E-state index in [1.807, 2.05) is 6.92 Å². The van der Waals surface area contributed by atoms with E-state index in [9.17, 15) is 12.8 Å². The van der Waals surface area contributed by atoms with Gasteiger partial charge in [0.25, 0.3) is 0 Å². The van der Waals surface area contributed by atoms with Crippen LogP contribution in [-0.4, -0.2) is 15.0 Å². The smallest absolute Gasteiger partial charge is 0.242 e. The summed E-state index contributed by atoms with van der Waals surface area (Å²) < 4.78 is 40.6. The van der Waals surface area contributed by atoms with Gasteiger partial charge in [-0.25, -0.2) is 17.5 Å². The zero-order valence-electron chi connectivity index (χ0n) is 11.6. The highest BCUT2D eigenvalue weighted by atomic mass is 32.2. The Kier molecular flexibility index (Phi) is 5.46. The fourth-order valence-electron chi connectivity index (χ4n) is 1.83. The summed E-state index contributed by atoms with van der Waals surface area (Å²) in [6, 6.07) is 7.69. The highest BCUT2D eigenvalue weighted by molar-refractivity contribution is 7.89. The molecule has 0 unspecified atom stereocenters. The summed E-state index contributed by atoms with van der Waals surface area (Å²) in [6.07, 6.45) is 0. The van der Waals surface area contributed by atoms with E-state index in [4.69, 9.17) is 0 Å². The monoisotopic (exact) mass is 328 g/mol. The van der Waals surface area contributed by atoms with Gasteiger partial charge in [-0.2, -0.15) is 0 Å². The van der Waals surface area contributed by atoms with Gasteiger partial charge in [0, 0.05) is 23.5 Å². The molecule has 0 radical (unpaired) electrons. The third-order valence-corrected chi connectivity index (χ3v) is 5.48. The molecule has 0 aliphatic heterocycles. The first-order chi connectivity index (χ1) is 10.0. The summed E-state index contributed by atoms with van der Waals surface area (Å²) in [6.45, 7) is 3.16. The second kappa shape index (κ2) is 7.13. The third kappa shape index (κ3) is 4.10. The first-order valence-corrected chi connectivity index (χ1v) is 8.91. The Morgan fingerprint density at radius 2 is 1.95 bits per heavy atom. The summed E-state index contributed by atoms with van der Waals surface area (Å²) in [7, 11) is -3.64. The van der Waals surface area contributed by atoms with Crippen LogP contribution in [0.4, 0.5) is 4.39 Å². The Balaban J connectivity index is 2.12. The SMILES string of the molecule is CCNCc1sccc1S(=O)(=O)NCc1ccccc1F. The largest absolute Gasteiger partial charge is 0.312 e. The molecule has 2 rings (SSSR count). The maximum Gasteiger partial charge on any atom is 0.242 e. The second-order valence-corrected chi connectivity index (χ2v) is 7.14. The van der Waals surface area contributed by atoms with Gasteiger partial charge in [-0.1, -0.05) is 25.1 Å². The molecule has 0 aliphatic rings. The summed E-state index contributed by atoms with van der Waals surface area (Å²) in [4.78, 5) is 1.00. The normalized spacial score (nSPS) is 11.7. The van der Waals surface area contributed by atoms with Crippen molar-refractivity contribution < 1.29 is 12.8 Å². The number of nitrogens with one attached hydrogen (secondary N) is 2. The molecule has 0 amide bonds. The lowest BCUT2D eigenvalue weighted by Gasteiger charge is -2.08. The van der Waals surface area contributed by atoms with E-state index in [-0.39, 0.29) is 11.4 Å². The van der Waals surface area contributed by atoms with Crippen molar-refractivity contribution in [3.63, 3.8) is 0 Å². The fraction of sp³-hybridized carbons (Fsp3) is 0.286. The summed E-state index contributed by atoms with van der Waals surface area (Å²) in [5, 5.41) is 4.84. The van der Waals surface area contributed by atoms with Gasteiger partial charge in [0.2, 0.25) is 10.0 Å². The molecule has 0 saturated heterocycles. The lowest BCUT2D eigenvalue weighted by Crippen LogP contribution is -2.25. The molecule has 2 aromatic rings. The standard InChI is InChI=1S/C14H17FN2O2S2/c1-2-16-10-13-14(7-8-20-13)21(18,19)17-9-11-5-3-4-6-12(11)15/h3-8,16-17H,2,9-10H2,1H3. The maximum atomic E-state index is 13.5. The maximum absolute atomic E-state index is 13.5. The fourth-order valence-corrected chi connectivity index (χ4v) is 4.25. The number of sulfonamides is 1. The molecule has 1 aromatic heterocycles. The van der Waals surface area contributed by atoms with Crippen molar-refractivity contribution in [1.29, 1.82) is 0 Å². The molecule has 0 aliphatic carbocycles. The van der Waals surface area contributed by atoms with Crippen LogP contribution in [0.2, 0.25) is 0 Å². The number of hydrogen-bond donors (Lipinski definition) is 2. The minimum atomic E-state index is -3.64. The van der Waals surface area contributed by atoms with E-state index in [1.54, 1.807) is 29.6 Å². The zero-order chi connectivity index (χ0) is 15.3. The molecule has 0 atom stereocenters. The predicted octanol–water partition coefficient (Wildman–Crippen LogP) is 2.48. The van der Waals surface area contributed by atoms with Gasteiger partial charge in [-0.05, 0) is 24.1 Å². The first-order valence-electron chi connectivity index (χ1n) is 6.54. The van der Waals surface area contributed by atoms with Crippen LogP contribution < -0.4 is 10.0 Å². The van der Waals surface area contributed by atoms with Gasteiger partial charge in [-0.3, -0.25) is 0 Å². The van der Waals surface area contributed by atoms with Gasteiger partial charge in [0.15, 0.2) is 0 Å². The molecule has 1 aromatic carbocycles. The van der Waals surface area contributed by atoms with Crippen LogP contribution in [0.15, 0.2) is 40.6 Å². The van der Waals surface area contributed by atoms with E-state index >= 15 is 0 Å². The Hall–Kier alpha value is -1.28. The highest BCUT2D eigenvalue weighted by Gasteiger charge is 2.19. The summed E-state index contributed by atoms with van der Waals surface area (Å²) >= 11 is 1.39. The highest BCUT2D eigenvalue weighted by Crippen LogP contribution is 2.22. The van der Waals surface area contributed by atoms with E-state index in [1.165, 1.54) is 17.4 Å². The summed E-state index contributed by atoms with van der Waals surface area (Å²) in [5.41, 5.74) is 0.324. The van der Waals surface area contributed by atoms with Crippen molar-refractivity contribution in [1.82, 2.24) is 10.0 Å². The van der Waals surface area contributed by atoms with Crippen molar-refractivity contribution >= 4 is 21.4 Å². The van der Waals surface area contributed by atoms with Crippen molar-refractivity contribution in [3.8, 4) is 0 Å². The van der Waals surface area contributed by atoms with Gasteiger partial charge in [0.1, 0.15) is 5.82 Å². The molecule has 0 bridgehead atoms. The molecule has 21 heavy (non-hydrogen) atoms. The molecule has 1 heterocycles. The van der Waals surface area contributed by atoms with Gasteiger partial charge < -0.3 is 5.32 Å². The first kappa shape index (κ1) is 16.1. The Morgan fingerprint density at radius 3 is 2.67 bits per heavy atom.